The van der Waals surface area contributed by atoms with Gasteiger partial charge in [0.05, 0.1) is 27.9 Å². The van der Waals surface area contributed by atoms with Crippen molar-refractivity contribution in [3.05, 3.63) is 89.2 Å². The van der Waals surface area contributed by atoms with Crippen molar-refractivity contribution >= 4 is 30.9 Å². The van der Waals surface area contributed by atoms with Crippen molar-refractivity contribution in [2.24, 2.45) is 0 Å². The van der Waals surface area contributed by atoms with Crippen LogP contribution in [0.5, 0.6) is 5.75 Å². The predicted octanol–water partition coefficient (Wildman–Crippen LogP) is 4.05. The summed E-state index contributed by atoms with van der Waals surface area (Å²) in [6.07, 6.45) is 1.50. The lowest BCUT2D eigenvalue weighted by Gasteiger charge is -2.28. The number of carbonyl (C=O) groups excluding carboxylic acids is 3. The number of aromatic nitrogens is 1. The third-order valence-electron chi connectivity index (χ3n) is 6.05. The van der Waals surface area contributed by atoms with Crippen LogP contribution in [0.25, 0.3) is 0 Å². The zero-order chi connectivity index (χ0) is 26.5. The number of rotatable bonds is 9. The van der Waals surface area contributed by atoms with Crippen LogP contribution in [0, 0.1) is 0 Å². The Hall–Kier alpha value is -3.78. The number of ether oxygens (including phenoxy) is 2. The molecule has 3 rings (SSSR count). The van der Waals surface area contributed by atoms with E-state index in [1.54, 1.807) is 38.4 Å². The molecule has 36 heavy (non-hydrogen) atoms. The van der Waals surface area contributed by atoms with E-state index in [2.05, 4.69) is 41.5 Å². The number of hydrogen-bond acceptors (Lipinski definition) is 6. The topological polar surface area (TPSA) is 85.8 Å². The van der Waals surface area contributed by atoms with Crippen molar-refractivity contribution in [2.75, 3.05) is 21.3 Å². The molecule has 0 saturated heterocycles. The van der Waals surface area contributed by atoms with Crippen molar-refractivity contribution < 1.29 is 23.9 Å². The smallest absolute Gasteiger partial charge is 0.356 e. The Balaban J connectivity index is 1.90. The Morgan fingerprint density at radius 3 is 2.06 bits per heavy atom. The largest absolute Gasteiger partial charge is 0.497 e. The number of pyridine rings is 1. The fourth-order valence-electron chi connectivity index (χ4n) is 3.90. The maximum atomic E-state index is 13.6. The number of nitrogens with zero attached hydrogens (tertiary/aromatic N) is 2. The van der Waals surface area contributed by atoms with E-state index in [-0.39, 0.29) is 29.4 Å². The van der Waals surface area contributed by atoms with Crippen LogP contribution in [0.4, 0.5) is 0 Å². The van der Waals surface area contributed by atoms with E-state index in [1.807, 2.05) is 12.1 Å². The molecule has 0 fully saturated rings. The molecule has 0 aliphatic heterocycles. The van der Waals surface area contributed by atoms with Gasteiger partial charge in [-0.25, -0.2) is 9.78 Å². The number of ketones is 1. The van der Waals surface area contributed by atoms with Gasteiger partial charge in [0.25, 0.3) is 5.91 Å². The molecule has 1 aromatic heterocycles. The first-order chi connectivity index (χ1) is 17.0. The van der Waals surface area contributed by atoms with Gasteiger partial charge < -0.3 is 14.4 Å². The van der Waals surface area contributed by atoms with Crippen LogP contribution in [-0.2, 0) is 16.0 Å². The molecular weight excluding hydrogens is 472 g/mol. The van der Waals surface area contributed by atoms with Gasteiger partial charge in [0.1, 0.15) is 17.5 Å². The van der Waals surface area contributed by atoms with E-state index in [0.717, 1.165) is 5.56 Å². The van der Waals surface area contributed by atoms with Gasteiger partial charge in [-0.2, -0.15) is 0 Å². The standard InChI is InChI=1S/C28H32N2O5Si/c1-30(27(32)21-11-16-24(29-18-21)28(33)35-3)26(20-9-12-22(34-2)13-10-20)25(31)17-19-7-14-23(15-8-19)36(4,5)6/h7-16,18,26H,17H2,1-6H3. The number of Topliss-reactive ketones (excluding diaryl/α,β-unsaturated/α-hetero) is 1. The molecule has 0 spiro atoms. The van der Waals surface area contributed by atoms with Gasteiger partial charge in [-0.15, -0.1) is 0 Å². The number of hydrogen-bond donors (Lipinski definition) is 0. The van der Waals surface area contributed by atoms with E-state index in [9.17, 15) is 14.4 Å². The normalized spacial score (nSPS) is 11.9. The fourth-order valence-corrected chi connectivity index (χ4v) is 5.07. The Bertz CT molecular complexity index is 1220. The summed E-state index contributed by atoms with van der Waals surface area (Å²) in [7, 11) is 2.98. The lowest BCUT2D eigenvalue weighted by Crippen LogP contribution is -2.38. The van der Waals surface area contributed by atoms with Gasteiger partial charge >= 0.3 is 5.97 Å². The third kappa shape index (κ3) is 6.25. The van der Waals surface area contributed by atoms with Gasteiger partial charge in [0.2, 0.25) is 0 Å². The van der Waals surface area contributed by atoms with Crippen LogP contribution in [0.2, 0.25) is 19.6 Å². The van der Waals surface area contributed by atoms with E-state index >= 15 is 0 Å². The summed E-state index contributed by atoms with van der Waals surface area (Å²) in [5.41, 5.74) is 1.93. The molecule has 0 aliphatic carbocycles. The van der Waals surface area contributed by atoms with Gasteiger partial charge in [-0.05, 0) is 35.4 Å². The first kappa shape index (κ1) is 26.8. The Kier molecular flexibility index (Phi) is 8.42. The third-order valence-corrected chi connectivity index (χ3v) is 8.11. The quantitative estimate of drug-likeness (QED) is 0.323. The lowest BCUT2D eigenvalue weighted by molar-refractivity contribution is -0.122. The molecule has 1 amide bonds. The van der Waals surface area contributed by atoms with Crippen LogP contribution >= 0.6 is 0 Å². The molecule has 3 aromatic rings. The van der Waals surface area contributed by atoms with Crippen molar-refractivity contribution in [3.63, 3.8) is 0 Å². The molecule has 0 saturated carbocycles. The lowest BCUT2D eigenvalue weighted by atomic mass is 9.95. The highest BCUT2D eigenvalue weighted by molar-refractivity contribution is 6.88. The van der Waals surface area contributed by atoms with Crippen LogP contribution in [0.1, 0.15) is 38.0 Å². The second-order valence-corrected chi connectivity index (χ2v) is 14.7. The SMILES string of the molecule is COC(=O)c1ccc(C(=O)N(C)C(C(=O)Cc2ccc([Si](C)(C)C)cc2)c2ccc(OC)cc2)cn1. The summed E-state index contributed by atoms with van der Waals surface area (Å²) in [6.45, 7) is 6.83. The number of amides is 1. The maximum Gasteiger partial charge on any atom is 0.356 e. The molecule has 1 unspecified atom stereocenters. The fraction of sp³-hybridized carbons (Fsp3) is 0.286. The summed E-state index contributed by atoms with van der Waals surface area (Å²) in [6, 6.07) is 17.4. The van der Waals surface area contributed by atoms with Gasteiger partial charge in [0, 0.05) is 19.7 Å². The molecular formula is C28H32N2O5Si. The summed E-state index contributed by atoms with van der Waals surface area (Å²) in [5.74, 6) is -0.435. The summed E-state index contributed by atoms with van der Waals surface area (Å²) < 4.78 is 9.92. The molecule has 1 heterocycles. The number of benzene rings is 2. The van der Waals surface area contributed by atoms with Crippen molar-refractivity contribution in [1.29, 1.82) is 0 Å². The van der Waals surface area contributed by atoms with Crippen LogP contribution in [-0.4, -0.2) is 56.9 Å². The van der Waals surface area contributed by atoms with Gasteiger partial charge in [-0.1, -0.05) is 61.2 Å². The molecule has 2 aromatic carbocycles. The van der Waals surface area contributed by atoms with Gasteiger partial charge in [0.15, 0.2) is 5.78 Å². The maximum absolute atomic E-state index is 13.6. The second kappa shape index (κ2) is 11.3. The summed E-state index contributed by atoms with van der Waals surface area (Å²) >= 11 is 0. The highest BCUT2D eigenvalue weighted by atomic mass is 28.3. The molecule has 188 valence electrons. The number of methoxy groups -OCH3 is 2. The zero-order valence-corrected chi connectivity index (χ0v) is 22.6. The Morgan fingerprint density at radius 1 is 0.917 bits per heavy atom. The van der Waals surface area contributed by atoms with E-state index in [4.69, 9.17) is 4.74 Å². The molecule has 0 radical (unpaired) electrons. The Morgan fingerprint density at radius 2 is 1.56 bits per heavy atom. The average molecular weight is 505 g/mol. The zero-order valence-electron chi connectivity index (χ0n) is 21.6. The van der Waals surface area contributed by atoms with Gasteiger partial charge in [-0.3, -0.25) is 9.59 Å². The minimum atomic E-state index is -1.45. The first-order valence-corrected chi connectivity index (χ1v) is 15.1. The van der Waals surface area contributed by atoms with Crippen LogP contribution < -0.4 is 9.92 Å². The van der Waals surface area contributed by atoms with Crippen LogP contribution in [0.3, 0.4) is 0 Å². The number of likely N-dealkylation sites (N-methyl/N-ethyl adjacent to an activating group) is 1. The second-order valence-electron chi connectivity index (χ2n) is 9.61. The highest BCUT2D eigenvalue weighted by Crippen LogP contribution is 2.26. The van der Waals surface area contributed by atoms with E-state index < -0.39 is 20.1 Å². The van der Waals surface area contributed by atoms with Crippen molar-refractivity contribution in [3.8, 4) is 5.75 Å². The average Bonchev–Trinajstić information content (AvgIpc) is 2.88. The molecule has 0 bridgehead atoms. The monoisotopic (exact) mass is 504 g/mol. The summed E-state index contributed by atoms with van der Waals surface area (Å²) in [4.78, 5) is 44.1. The highest BCUT2D eigenvalue weighted by Gasteiger charge is 2.30. The minimum Gasteiger partial charge on any atom is -0.497 e. The predicted molar refractivity (Wildman–Crippen MR) is 142 cm³/mol. The van der Waals surface area contributed by atoms with E-state index in [0.29, 0.717) is 11.3 Å². The molecule has 0 aliphatic rings. The first-order valence-electron chi connectivity index (χ1n) is 11.6. The van der Waals surface area contributed by atoms with Crippen LogP contribution in [0.15, 0.2) is 66.9 Å². The number of esters is 1. The Labute approximate surface area is 213 Å². The number of carbonyl (C=O) groups is 3. The minimum absolute atomic E-state index is 0.0984. The summed E-state index contributed by atoms with van der Waals surface area (Å²) in [5, 5.41) is 1.32. The molecule has 8 heteroatoms. The van der Waals surface area contributed by atoms with E-state index in [1.165, 1.54) is 35.5 Å². The van der Waals surface area contributed by atoms with Crippen molar-refractivity contribution in [2.45, 2.75) is 32.1 Å². The van der Waals surface area contributed by atoms with Crippen molar-refractivity contribution in [1.82, 2.24) is 9.88 Å². The molecule has 7 nitrogen and oxygen atoms in total. The molecule has 0 N–H and O–H groups in total. The molecule has 1 atom stereocenters.